The van der Waals surface area contributed by atoms with Crippen molar-refractivity contribution in [1.82, 2.24) is 23.7 Å². The summed E-state index contributed by atoms with van der Waals surface area (Å²) in [5.41, 5.74) is 1.06. The highest BCUT2D eigenvalue weighted by molar-refractivity contribution is 7.89. The van der Waals surface area contributed by atoms with E-state index in [0.29, 0.717) is 17.9 Å². The van der Waals surface area contributed by atoms with E-state index in [2.05, 4.69) is 4.98 Å². The van der Waals surface area contributed by atoms with Crippen LogP contribution in [-0.2, 0) is 21.4 Å². The van der Waals surface area contributed by atoms with Crippen molar-refractivity contribution >= 4 is 21.8 Å². The second kappa shape index (κ2) is 8.57. The molecule has 0 unspecified atom stereocenters. The van der Waals surface area contributed by atoms with E-state index in [9.17, 15) is 18.0 Å². The fourth-order valence-electron chi connectivity index (χ4n) is 3.29. The summed E-state index contributed by atoms with van der Waals surface area (Å²) in [6.45, 7) is 2.18. The molecule has 1 aromatic heterocycles. The number of fused-ring (bicyclic) bond motifs is 3. The second-order valence-electron chi connectivity index (χ2n) is 7.52. The number of hydrogen-bond acceptors (Lipinski definition) is 5. The molecule has 0 saturated heterocycles. The van der Waals surface area contributed by atoms with E-state index >= 15 is 0 Å². The smallest absolute Gasteiger partial charge is 0.274 e. The van der Waals surface area contributed by atoms with Gasteiger partial charge in [0.2, 0.25) is 15.9 Å². The predicted molar refractivity (Wildman–Crippen MR) is 112 cm³/mol. The van der Waals surface area contributed by atoms with Crippen molar-refractivity contribution in [2.75, 3.05) is 34.2 Å². The normalized spacial score (nSPS) is 15.1. The summed E-state index contributed by atoms with van der Waals surface area (Å²) >= 11 is 0. The molecule has 0 spiro atoms. The molecule has 0 radical (unpaired) electrons. The zero-order chi connectivity index (χ0) is 22.1. The molecule has 0 atom stereocenters. The first-order chi connectivity index (χ1) is 14.2. The van der Waals surface area contributed by atoms with Gasteiger partial charge in [0, 0.05) is 27.7 Å². The highest BCUT2D eigenvalue weighted by atomic mass is 32.2. The molecule has 30 heavy (non-hydrogen) atoms. The van der Waals surface area contributed by atoms with Gasteiger partial charge in [0.1, 0.15) is 11.2 Å². The third kappa shape index (κ3) is 3.97. The van der Waals surface area contributed by atoms with Crippen LogP contribution in [0.1, 0.15) is 35.9 Å². The van der Waals surface area contributed by atoms with Gasteiger partial charge in [0.05, 0.1) is 24.5 Å². The van der Waals surface area contributed by atoms with Gasteiger partial charge in [-0.2, -0.15) is 4.31 Å². The Bertz CT molecular complexity index is 1060. The first-order valence-corrected chi connectivity index (χ1v) is 11.2. The lowest BCUT2D eigenvalue weighted by molar-refractivity contribution is -0.128. The summed E-state index contributed by atoms with van der Waals surface area (Å²) in [5, 5.41) is 0. The molecule has 0 bridgehead atoms. The van der Waals surface area contributed by atoms with Crippen molar-refractivity contribution < 1.29 is 18.0 Å². The van der Waals surface area contributed by atoms with Crippen molar-refractivity contribution in [2.24, 2.45) is 0 Å². The monoisotopic (exact) mass is 433 g/mol. The van der Waals surface area contributed by atoms with Gasteiger partial charge in [0.25, 0.3) is 5.91 Å². The number of amides is 2. The average molecular weight is 434 g/mol. The number of aromatic nitrogens is 2. The molecule has 1 aromatic carbocycles. The Morgan fingerprint density at radius 3 is 2.53 bits per heavy atom. The lowest BCUT2D eigenvalue weighted by Crippen LogP contribution is -2.40. The number of carbonyl (C=O) groups is 2. The van der Waals surface area contributed by atoms with E-state index in [1.165, 1.54) is 17.3 Å². The number of rotatable bonds is 6. The SMILES string of the molecule is CCCCN(C)C(=O)c1ncn2c1CN(CC(=O)N(C)C)S(=O)(=O)c1ccccc1-2. The molecule has 10 heteroatoms. The van der Waals surface area contributed by atoms with Crippen molar-refractivity contribution in [1.29, 1.82) is 0 Å². The molecule has 0 fully saturated rings. The van der Waals surface area contributed by atoms with Gasteiger partial charge in [-0.1, -0.05) is 25.5 Å². The van der Waals surface area contributed by atoms with Crippen LogP contribution in [0.3, 0.4) is 0 Å². The van der Waals surface area contributed by atoms with Crippen LogP contribution in [0.4, 0.5) is 0 Å². The van der Waals surface area contributed by atoms with Gasteiger partial charge in [0.15, 0.2) is 5.69 Å². The maximum Gasteiger partial charge on any atom is 0.274 e. The Balaban J connectivity index is 2.12. The highest BCUT2D eigenvalue weighted by Gasteiger charge is 2.36. The van der Waals surface area contributed by atoms with Gasteiger partial charge in [-0.3, -0.25) is 14.2 Å². The van der Waals surface area contributed by atoms with Crippen LogP contribution in [0.5, 0.6) is 0 Å². The molecule has 0 N–H and O–H groups in total. The van der Waals surface area contributed by atoms with Crippen LogP contribution >= 0.6 is 0 Å². The average Bonchev–Trinajstić information content (AvgIpc) is 3.10. The molecule has 9 nitrogen and oxygen atoms in total. The minimum Gasteiger partial charge on any atom is -0.348 e. The summed E-state index contributed by atoms with van der Waals surface area (Å²) in [5.74, 6) is -0.621. The minimum atomic E-state index is -3.95. The first-order valence-electron chi connectivity index (χ1n) is 9.79. The number of benzene rings is 1. The third-order valence-corrected chi connectivity index (χ3v) is 6.98. The molecule has 3 rings (SSSR count). The van der Waals surface area contributed by atoms with Crippen molar-refractivity contribution in [3.8, 4) is 5.69 Å². The zero-order valence-electron chi connectivity index (χ0n) is 17.7. The van der Waals surface area contributed by atoms with Crippen LogP contribution in [0, 0.1) is 0 Å². The molecule has 162 valence electrons. The van der Waals surface area contributed by atoms with Crippen molar-refractivity contribution in [3.63, 3.8) is 0 Å². The largest absolute Gasteiger partial charge is 0.348 e. The topological polar surface area (TPSA) is 95.8 Å². The Morgan fingerprint density at radius 2 is 1.87 bits per heavy atom. The number of hydrogen-bond donors (Lipinski definition) is 0. The van der Waals surface area contributed by atoms with E-state index < -0.39 is 10.0 Å². The van der Waals surface area contributed by atoms with E-state index in [0.717, 1.165) is 17.1 Å². The fraction of sp³-hybridized carbons (Fsp3) is 0.450. The maximum absolute atomic E-state index is 13.3. The summed E-state index contributed by atoms with van der Waals surface area (Å²) in [6.07, 6.45) is 3.28. The number of carbonyl (C=O) groups excluding carboxylic acids is 2. The summed E-state index contributed by atoms with van der Waals surface area (Å²) < 4.78 is 29.4. The minimum absolute atomic E-state index is 0.0750. The molecule has 1 aliphatic heterocycles. The van der Waals surface area contributed by atoms with Gasteiger partial charge in [-0.15, -0.1) is 0 Å². The second-order valence-corrected chi connectivity index (χ2v) is 9.43. The predicted octanol–water partition coefficient (Wildman–Crippen LogP) is 1.34. The molecule has 2 aromatic rings. The van der Waals surface area contributed by atoms with E-state index in [-0.39, 0.29) is 35.5 Å². The Hall–Kier alpha value is -2.72. The molecular weight excluding hydrogens is 406 g/mol. The van der Waals surface area contributed by atoms with Gasteiger partial charge >= 0.3 is 0 Å². The van der Waals surface area contributed by atoms with E-state index in [1.807, 2.05) is 6.92 Å². The molecular formula is C20H27N5O4S. The number of nitrogens with zero attached hydrogens (tertiary/aromatic N) is 5. The number of imidazole rings is 1. The van der Waals surface area contributed by atoms with E-state index in [4.69, 9.17) is 0 Å². The zero-order valence-corrected chi connectivity index (χ0v) is 18.5. The van der Waals surface area contributed by atoms with E-state index in [1.54, 1.807) is 48.8 Å². The molecule has 2 amide bonds. The summed E-state index contributed by atoms with van der Waals surface area (Å²) in [6, 6.07) is 6.54. The van der Waals surface area contributed by atoms with Crippen LogP contribution in [-0.4, -0.2) is 78.1 Å². The number of unbranched alkanes of at least 4 members (excludes halogenated alkanes) is 1. The standard InChI is InChI=1S/C20H27N5O4S/c1-5-6-11-23(4)20(27)19-16-12-24(13-18(26)22(2)3)30(28,29)17-10-8-7-9-15(17)25(16)14-21-19/h7-10,14H,5-6,11-13H2,1-4H3. The van der Waals surface area contributed by atoms with Crippen molar-refractivity contribution in [3.05, 3.63) is 42.0 Å². The lowest BCUT2D eigenvalue weighted by Gasteiger charge is -2.22. The Labute approximate surface area is 176 Å². The molecule has 0 aliphatic carbocycles. The number of likely N-dealkylation sites (N-methyl/N-ethyl adjacent to an activating group) is 1. The fourth-order valence-corrected chi connectivity index (χ4v) is 4.82. The van der Waals surface area contributed by atoms with Crippen LogP contribution in [0.2, 0.25) is 0 Å². The lowest BCUT2D eigenvalue weighted by atomic mass is 10.2. The summed E-state index contributed by atoms with van der Waals surface area (Å²) in [7, 11) is 0.901. The maximum atomic E-state index is 13.3. The molecule has 0 saturated carbocycles. The number of para-hydroxylation sites is 1. The Kier molecular flexibility index (Phi) is 6.27. The van der Waals surface area contributed by atoms with Gasteiger partial charge < -0.3 is 9.80 Å². The van der Waals surface area contributed by atoms with Crippen molar-refractivity contribution in [2.45, 2.75) is 31.2 Å². The first kappa shape index (κ1) is 22.0. The molecule has 2 heterocycles. The van der Waals surface area contributed by atoms with Crippen LogP contribution < -0.4 is 0 Å². The summed E-state index contributed by atoms with van der Waals surface area (Å²) in [4.78, 5) is 32.7. The molecule has 1 aliphatic rings. The highest BCUT2D eigenvalue weighted by Crippen LogP contribution is 2.31. The third-order valence-electron chi connectivity index (χ3n) is 5.14. The Morgan fingerprint density at radius 1 is 1.17 bits per heavy atom. The quantitative estimate of drug-likeness (QED) is 0.685. The van der Waals surface area contributed by atoms with Crippen LogP contribution in [0.25, 0.3) is 5.69 Å². The number of sulfonamides is 1. The van der Waals surface area contributed by atoms with Gasteiger partial charge in [-0.25, -0.2) is 13.4 Å². The van der Waals surface area contributed by atoms with Gasteiger partial charge in [-0.05, 0) is 18.6 Å². The van der Waals surface area contributed by atoms with Crippen LogP contribution in [0.15, 0.2) is 35.5 Å².